The van der Waals surface area contributed by atoms with Gasteiger partial charge in [0.15, 0.2) is 0 Å². The fourth-order valence-corrected chi connectivity index (χ4v) is 1.74. The zero-order valence-corrected chi connectivity index (χ0v) is 11.1. The highest BCUT2D eigenvalue weighted by molar-refractivity contribution is 5.35. The van der Waals surface area contributed by atoms with E-state index in [1.54, 1.807) is 7.05 Å². The number of ether oxygens (including phenoxy) is 1. The van der Waals surface area contributed by atoms with E-state index in [-0.39, 0.29) is 0 Å². The van der Waals surface area contributed by atoms with E-state index in [1.165, 1.54) is 19.3 Å². The van der Waals surface area contributed by atoms with Crippen LogP contribution in [0.3, 0.4) is 0 Å². The maximum atomic E-state index is 5.30. The van der Waals surface area contributed by atoms with E-state index in [0.29, 0.717) is 24.5 Å². The van der Waals surface area contributed by atoms with Crippen molar-refractivity contribution in [3.8, 4) is 6.01 Å². The molecule has 1 aromatic rings. The van der Waals surface area contributed by atoms with Gasteiger partial charge in [0.05, 0.1) is 6.61 Å². The quantitative estimate of drug-likeness (QED) is 0.688. The normalized spacial score (nSPS) is 14.3. The molecule has 2 N–H and O–H groups in total. The van der Waals surface area contributed by atoms with Crippen LogP contribution in [-0.2, 0) is 0 Å². The van der Waals surface area contributed by atoms with Crippen LogP contribution in [-0.4, -0.2) is 35.2 Å². The standard InChI is InChI=1S/C12H21N5O/c1-3-18-12-16-10(13-2)15-11(17-12)14-8-4-5-9-6-7-9/h9H,3-8H2,1-2H3,(H2,13,14,15,16,17). The van der Waals surface area contributed by atoms with Crippen molar-refractivity contribution >= 4 is 11.9 Å². The lowest BCUT2D eigenvalue weighted by Gasteiger charge is -2.08. The van der Waals surface area contributed by atoms with E-state index < -0.39 is 0 Å². The second kappa shape index (κ2) is 6.37. The molecule has 0 radical (unpaired) electrons. The lowest BCUT2D eigenvalue weighted by atomic mass is 10.2. The Hall–Kier alpha value is -1.59. The van der Waals surface area contributed by atoms with Crippen molar-refractivity contribution in [3.63, 3.8) is 0 Å². The molecular weight excluding hydrogens is 230 g/mol. The summed E-state index contributed by atoms with van der Waals surface area (Å²) < 4.78 is 5.30. The Bertz CT molecular complexity index is 381. The molecule has 1 heterocycles. The molecule has 6 heteroatoms. The van der Waals surface area contributed by atoms with E-state index in [9.17, 15) is 0 Å². The van der Waals surface area contributed by atoms with Crippen molar-refractivity contribution in [1.82, 2.24) is 15.0 Å². The average Bonchev–Trinajstić information content (AvgIpc) is 3.19. The van der Waals surface area contributed by atoms with Gasteiger partial charge in [-0.25, -0.2) is 0 Å². The molecule has 1 fully saturated rings. The fraction of sp³-hybridized carbons (Fsp3) is 0.750. The van der Waals surface area contributed by atoms with Crippen LogP contribution in [0.2, 0.25) is 0 Å². The van der Waals surface area contributed by atoms with Gasteiger partial charge in [0, 0.05) is 13.6 Å². The van der Waals surface area contributed by atoms with Gasteiger partial charge in [0.1, 0.15) is 0 Å². The van der Waals surface area contributed by atoms with Crippen LogP contribution in [0.15, 0.2) is 0 Å². The summed E-state index contributed by atoms with van der Waals surface area (Å²) in [7, 11) is 1.78. The molecule has 0 aromatic carbocycles. The molecule has 0 amide bonds. The maximum Gasteiger partial charge on any atom is 0.323 e. The molecule has 0 aliphatic heterocycles. The monoisotopic (exact) mass is 251 g/mol. The number of aromatic nitrogens is 3. The predicted molar refractivity (Wildman–Crippen MR) is 71.0 cm³/mol. The van der Waals surface area contributed by atoms with Crippen molar-refractivity contribution in [2.45, 2.75) is 32.6 Å². The molecule has 18 heavy (non-hydrogen) atoms. The summed E-state index contributed by atoms with van der Waals surface area (Å²) in [5.74, 6) is 2.07. The third-order valence-electron chi connectivity index (χ3n) is 2.88. The summed E-state index contributed by atoms with van der Waals surface area (Å²) in [6.07, 6.45) is 5.28. The van der Waals surface area contributed by atoms with E-state index in [0.717, 1.165) is 18.9 Å². The highest BCUT2D eigenvalue weighted by Gasteiger charge is 2.20. The third-order valence-corrected chi connectivity index (χ3v) is 2.88. The summed E-state index contributed by atoms with van der Waals surface area (Å²) >= 11 is 0. The van der Waals surface area contributed by atoms with Gasteiger partial charge >= 0.3 is 6.01 Å². The van der Waals surface area contributed by atoms with Crippen molar-refractivity contribution < 1.29 is 4.74 Å². The minimum absolute atomic E-state index is 0.363. The molecule has 0 atom stereocenters. The van der Waals surface area contributed by atoms with Crippen LogP contribution in [0, 0.1) is 5.92 Å². The Kier molecular flexibility index (Phi) is 4.55. The molecule has 1 aliphatic carbocycles. The molecule has 1 aromatic heterocycles. The molecule has 2 rings (SSSR count). The van der Waals surface area contributed by atoms with Crippen LogP contribution in [0.5, 0.6) is 6.01 Å². The van der Waals surface area contributed by atoms with Gasteiger partial charge in [-0.05, 0) is 25.7 Å². The summed E-state index contributed by atoms with van der Waals surface area (Å²) in [6.45, 7) is 3.36. The van der Waals surface area contributed by atoms with Crippen molar-refractivity contribution in [3.05, 3.63) is 0 Å². The minimum Gasteiger partial charge on any atom is -0.464 e. The first-order valence-electron chi connectivity index (χ1n) is 6.62. The van der Waals surface area contributed by atoms with Gasteiger partial charge < -0.3 is 15.4 Å². The molecule has 100 valence electrons. The van der Waals surface area contributed by atoms with Crippen molar-refractivity contribution in [1.29, 1.82) is 0 Å². The molecule has 0 spiro atoms. The number of hydrogen-bond donors (Lipinski definition) is 2. The van der Waals surface area contributed by atoms with E-state index >= 15 is 0 Å². The number of anilines is 2. The first-order valence-corrected chi connectivity index (χ1v) is 6.62. The van der Waals surface area contributed by atoms with Crippen LogP contribution in [0.4, 0.5) is 11.9 Å². The summed E-state index contributed by atoms with van der Waals surface area (Å²) in [4.78, 5) is 12.6. The maximum absolute atomic E-state index is 5.30. The number of rotatable bonds is 8. The summed E-state index contributed by atoms with van der Waals surface area (Å²) in [6, 6.07) is 0.363. The molecule has 0 bridgehead atoms. The van der Waals surface area contributed by atoms with E-state index in [1.807, 2.05) is 6.92 Å². The van der Waals surface area contributed by atoms with Gasteiger partial charge in [0.25, 0.3) is 0 Å². The molecule has 0 saturated heterocycles. The largest absolute Gasteiger partial charge is 0.464 e. The zero-order chi connectivity index (χ0) is 12.8. The molecule has 1 saturated carbocycles. The van der Waals surface area contributed by atoms with E-state index in [2.05, 4.69) is 25.6 Å². The highest BCUT2D eigenvalue weighted by Crippen LogP contribution is 2.33. The second-order valence-corrected chi connectivity index (χ2v) is 4.46. The van der Waals surface area contributed by atoms with Gasteiger partial charge in [-0.15, -0.1) is 0 Å². The highest BCUT2D eigenvalue weighted by atomic mass is 16.5. The Labute approximate surface area is 108 Å². The van der Waals surface area contributed by atoms with E-state index in [4.69, 9.17) is 4.74 Å². The molecule has 6 nitrogen and oxygen atoms in total. The Morgan fingerprint density at radius 1 is 1.22 bits per heavy atom. The summed E-state index contributed by atoms with van der Waals surface area (Å²) in [5, 5.41) is 6.12. The number of nitrogens with one attached hydrogen (secondary N) is 2. The molecule has 1 aliphatic rings. The van der Waals surface area contributed by atoms with Crippen LogP contribution >= 0.6 is 0 Å². The van der Waals surface area contributed by atoms with Gasteiger partial charge in [0.2, 0.25) is 11.9 Å². The summed E-state index contributed by atoms with van der Waals surface area (Å²) in [5.41, 5.74) is 0. The lowest BCUT2D eigenvalue weighted by Crippen LogP contribution is -2.10. The van der Waals surface area contributed by atoms with Crippen molar-refractivity contribution in [2.75, 3.05) is 30.8 Å². The number of hydrogen-bond acceptors (Lipinski definition) is 6. The first-order chi connectivity index (χ1) is 8.81. The fourth-order valence-electron chi connectivity index (χ4n) is 1.74. The molecule has 0 unspecified atom stereocenters. The number of nitrogens with zero attached hydrogens (tertiary/aromatic N) is 3. The SMILES string of the molecule is CCOc1nc(NC)nc(NCCCC2CC2)n1. The Morgan fingerprint density at radius 3 is 2.67 bits per heavy atom. The van der Waals surface area contributed by atoms with Gasteiger partial charge in [-0.2, -0.15) is 15.0 Å². The zero-order valence-electron chi connectivity index (χ0n) is 11.1. The Balaban J connectivity index is 1.85. The average molecular weight is 251 g/mol. The van der Waals surface area contributed by atoms with Crippen LogP contribution in [0.1, 0.15) is 32.6 Å². The van der Waals surface area contributed by atoms with Gasteiger partial charge in [-0.3, -0.25) is 0 Å². The van der Waals surface area contributed by atoms with Gasteiger partial charge in [-0.1, -0.05) is 12.8 Å². The second-order valence-electron chi connectivity index (χ2n) is 4.46. The lowest BCUT2D eigenvalue weighted by molar-refractivity contribution is 0.312. The first kappa shape index (κ1) is 12.9. The van der Waals surface area contributed by atoms with Crippen LogP contribution in [0.25, 0.3) is 0 Å². The Morgan fingerprint density at radius 2 is 2.00 bits per heavy atom. The smallest absolute Gasteiger partial charge is 0.323 e. The van der Waals surface area contributed by atoms with Crippen LogP contribution < -0.4 is 15.4 Å². The molecular formula is C12H21N5O. The topological polar surface area (TPSA) is 72.0 Å². The minimum atomic E-state index is 0.363. The van der Waals surface area contributed by atoms with Crippen molar-refractivity contribution in [2.24, 2.45) is 5.92 Å². The third kappa shape index (κ3) is 4.01. The predicted octanol–water partition coefficient (Wildman–Crippen LogP) is 1.91.